The minimum Gasteiger partial charge on any atom is -0.294 e. The van der Waals surface area contributed by atoms with Gasteiger partial charge in [0.15, 0.2) is 5.78 Å². The number of hydrogen-bond acceptors (Lipinski definition) is 2. The smallest absolute Gasteiger partial charge is 0.170 e. The first kappa shape index (κ1) is 12.3. The first-order valence-corrected chi connectivity index (χ1v) is 6.39. The van der Waals surface area contributed by atoms with E-state index < -0.39 is 0 Å². The van der Waals surface area contributed by atoms with Crippen molar-refractivity contribution in [2.24, 2.45) is 16.7 Å². The SMILES string of the molecule is CCCn1cc(C(=O)C2C(C)(C)C2(C)C)cn1. The van der Waals surface area contributed by atoms with Gasteiger partial charge in [0.05, 0.1) is 11.8 Å². The van der Waals surface area contributed by atoms with Crippen molar-refractivity contribution in [1.82, 2.24) is 9.78 Å². The Bertz CT molecular complexity index is 429. The zero-order valence-corrected chi connectivity index (χ0v) is 11.4. The molecule has 2 rings (SSSR count). The Labute approximate surface area is 103 Å². The van der Waals surface area contributed by atoms with Crippen molar-refractivity contribution < 1.29 is 4.79 Å². The standard InChI is InChI=1S/C14H22N2O/c1-6-7-16-9-10(8-15-16)11(17)12-13(2,3)14(12,4)5/h8-9,12H,6-7H2,1-5H3. The average Bonchev–Trinajstić information content (AvgIpc) is 2.59. The molecule has 0 bridgehead atoms. The van der Waals surface area contributed by atoms with Crippen LogP contribution in [0.3, 0.4) is 0 Å². The molecule has 0 aromatic carbocycles. The Morgan fingerprint density at radius 1 is 1.35 bits per heavy atom. The molecule has 1 aromatic heterocycles. The maximum atomic E-state index is 12.4. The van der Waals surface area contributed by atoms with Gasteiger partial charge in [-0.05, 0) is 17.3 Å². The predicted octanol–water partition coefficient (Wildman–Crippen LogP) is 3.16. The minimum absolute atomic E-state index is 0.108. The van der Waals surface area contributed by atoms with E-state index in [-0.39, 0.29) is 22.5 Å². The molecule has 0 N–H and O–H groups in total. The second kappa shape index (κ2) is 3.69. The first-order chi connectivity index (χ1) is 7.82. The van der Waals surface area contributed by atoms with Gasteiger partial charge in [-0.25, -0.2) is 0 Å². The lowest BCUT2D eigenvalue weighted by molar-refractivity contribution is 0.0945. The molecule has 0 aliphatic heterocycles. The van der Waals surface area contributed by atoms with E-state index >= 15 is 0 Å². The molecular formula is C14H22N2O. The summed E-state index contributed by atoms with van der Waals surface area (Å²) in [5, 5.41) is 4.23. The zero-order chi connectivity index (χ0) is 12.8. The highest BCUT2D eigenvalue weighted by Gasteiger charge is 2.67. The third-order valence-corrected chi connectivity index (χ3v) is 4.65. The predicted molar refractivity (Wildman–Crippen MR) is 67.9 cm³/mol. The van der Waals surface area contributed by atoms with Crippen LogP contribution >= 0.6 is 0 Å². The van der Waals surface area contributed by atoms with Crippen molar-refractivity contribution in [1.29, 1.82) is 0 Å². The number of hydrogen-bond donors (Lipinski definition) is 0. The van der Waals surface area contributed by atoms with Gasteiger partial charge >= 0.3 is 0 Å². The fourth-order valence-corrected chi connectivity index (χ4v) is 2.86. The van der Waals surface area contributed by atoms with E-state index in [0.717, 1.165) is 18.5 Å². The van der Waals surface area contributed by atoms with Crippen molar-refractivity contribution in [3.05, 3.63) is 18.0 Å². The highest BCUT2D eigenvalue weighted by molar-refractivity contribution is 6.00. The number of carbonyl (C=O) groups is 1. The summed E-state index contributed by atoms with van der Waals surface area (Å²) >= 11 is 0. The van der Waals surface area contributed by atoms with Gasteiger partial charge in [-0.15, -0.1) is 0 Å². The Hall–Kier alpha value is -1.12. The summed E-state index contributed by atoms with van der Waals surface area (Å²) in [5.41, 5.74) is 0.982. The lowest BCUT2D eigenvalue weighted by atomic mass is 10.0. The third kappa shape index (κ3) is 1.72. The normalized spacial score (nSPS) is 21.5. The lowest BCUT2D eigenvalue weighted by Gasteiger charge is -2.03. The molecule has 1 heterocycles. The summed E-state index contributed by atoms with van der Waals surface area (Å²) in [6.07, 6.45) is 4.63. The van der Waals surface area contributed by atoms with E-state index in [9.17, 15) is 4.79 Å². The molecule has 17 heavy (non-hydrogen) atoms. The fourth-order valence-electron chi connectivity index (χ4n) is 2.86. The largest absolute Gasteiger partial charge is 0.294 e. The molecule has 0 saturated heterocycles. The summed E-state index contributed by atoms with van der Waals surface area (Å²) in [6.45, 7) is 11.7. The van der Waals surface area contributed by atoms with Crippen LogP contribution in [0.1, 0.15) is 51.4 Å². The number of nitrogens with zero attached hydrogens (tertiary/aromatic N) is 2. The van der Waals surface area contributed by atoms with Crippen LogP contribution in [-0.2, 0) is 6.54 Å². The molecule has 0 spiro atoms. The zero-order valence-electron chi connectivity index (χ0n) is 11.4. The van der Waals surface area contributed by atoms with Gasteiger partial charge < -0.3 is 0 Å². The van der Waals surface area contributed by atoms with E-state index in [0.29, 0.717) is 0 Å². The van der Waals surface area contributed by atoms with Gasteiger partial charge in [0.1, 0.15) is 0 Å². The number of carbonyl (C=O) groups excluding carboxylic acids is 1. The Kier molecular flexibility index (Phi) is 2.68. The molecule has 3 heteroatoms. The van der Waals surface area contributed by atoms with Gasteiger partial charge in [-0.2, -0.15) is 5.10 Å². The number of ketones is 1. The molecule has 1 aliphatic rings. The van der Waals surface area contributed by atoms with Crippen molar-refractivity contribution in [2.45, 2.75) is 47.6 Å². The summed E-state index contributed by atoms with van der Waals surface area (Å²) in [7, 11) is 0. The van der Waals surface area contributed by atoms with Crippen molar-refractivity contribution in [3.8, 4) is 0 Å². The molecule has 1 saturated carbocycles. The van der Waals surface area contributed by atoms with Gasteiger partial charge in [-0.1, -0.05) is 34.6 Å². The maximum absolute atomic E-state index is 12.4. The first-order valence-electron chi connectivity index (χ1n) is 6.39. The molecule has 1 aromatic rings. The topological polar surface area (TPSA) is 34.9 Å². The van der Waals surface area contributed by atoms with Crippen molar-refractivity contribution in [3.63, 3.8) is 0 Å². The van der Waals surface area contributed by atoms with Gasteiger partial charge in [-0.3, -0.25) is 9.48 Å². The second-order valence-electron chi connectivity index (χ2n) is 6.23. The number of aryl methyl sites for hydroxylation is 1. The molecule has 0 unspecified atom stereocenters. The molecule has 94 valence electrons. The fraction of sp³-hybridized carbons (Fsp3) is 0.714. The van der Waals surface area contributed by atoms with Crippen molar-refractivity contribution in [2.75, 3.05) is 0 Å². The molecule has 0 amide bonds. The Balaban J connectivity index is 2.16. The second-order valence-corrected chi connectivity index (χ2v) is 6.23. The Morgan fingerprint density at radius 3 is 2.41 bits per heavy atom. The van der Waals surface area contributed by atoms with E-state index in [1.54, 1.807) is 6.20 Å². The van der Waals surface area contributed by atoms with Crippen LogP contribution in [-0.4, -0.2) is 15.6 Å². The lowest BCUT2D eigenvalue weighted by Crippen LogP contribution is -2.06. The van der Waals surface area contributed by atoms with Gasteiger partial charge in [0.2, 0.25) is 0 Å². The van der Waals surface area contributed by atoms with Crippen LogP contribution < -0.4 is 0 Å². The van der Waals surface area contributed by atoms with E-state index in [4.69, 9.17) is 0 Å². The summed E-state index contributed by atoms with van der Waals surface area (Å²) in [5.74, 6) is 0.386. The minimum atomic E-state index is 0.108. The molecule has 3 nitrogen and oxygen atoms in total. The van der Waals surface area contributed by atoms with Gasteiger partial charge in [0.25, 0.3) is 0 Å². The van der Waals surface area contributed by atoms with Crippen LogP contribution in [0.4, 0.5) is 0 Å². The highest BCUT2D eigenvalue weighted by Crippen LogP contribution is 2.69. The molecule has 0 atom stereocenters. The van der Waals surface area contributed by atoms with E-state index in [2.05, 4.69) is 39.7 Å². The van der Waals surface area contributed by atoms with E-state index in [1.807, 2.05) is 10.9 Å². The maximum Gasteiger partial charge on any atom is 0.170 e. The molecule has 1 fully saturated rings. The number of aromatic nitrogens is 2. The molecular weight excluding hydrogens is 212 g/mol. The monoisotopic (exact) mass is 234 g/mol. The van der Waals surface area contributed by atoms with Crippen LogP contribution in [0.5, 0.6) is 0 Å². The molecule has 0 radical (unpaired) electrons. The van der Waals surface area contributed by atoms with Crippen LogP contribution in [0.2, 0.25) is 0 Å². The molecule has 1 aliphatic carbocycles. The van der Waals surface area contributed by atoms with Crippen molar-refractivity contribution >= 4 is 5.78 Å². The average molecular weight is 234 g/mol. The van der Waals surface area contributed by atoms with Crippen LogP contribution in [0.15, 0.2) is 12.4 Å². The Morgan fingerprint density at radius 2 is 1.94 bits per heavy atom. The van der Waals surface area contributed by atoms with Gasteiger partial charge in [0, 0.05) is 18.7 Å². The number of rotatable bonds is 4. The van der Waals surface area contributed by atoms with Crippen LogP contribution in [0.25, 0.3) is 0 Å². The summed E-state index contributed by atoms with van der Waals surface area (Å²) in [4.78, 5) is 12.4. The number of Topliss-reactive ketones (excluding diaryl/α,β-unsaturated/α-hetero) is 1. The third-order valence-electron chi connectivity index (χ3n) is 4.65. The highest BCUT2D eigenvalue weighted by atomic mass is 16.1. The quantitative estimate of drug-likeness (QED) is 0.750. The summed E-state index contributed by atoms with van der Waals surface area (Å²) in [6, 6.07) is 0. The summed E-state index contributed by atoms with van der Waals surface area (Å²) < 4.78 is 1.86. The van der Waals surface area contributed by atoms with Crippen LogP contribution in [0, 0.1) is 16.7 Å². The van der Waals surface area contributed by atoms with E-state index in [1.165, 1.54) is 0 Å².